The zero-order chi connectivity index (χ0) is 20.4. The van der Waals surface area contributed by atoms with Gasteiger partial charge in [-0.2, -0.15) is 0 Å². The largest absolute Gasteiger partial charge is 0.372 e. The van der Waals surface area contributed by atoms with Gasteiger partial charge in [-0.1, -0.05) is 18.2 Å². The molecule has 0 bridgehead atoms. The molecule has 3 aromatic rings. The summed E-state index contributed by atoms with van der Waals surface area (Å²) in [6.07, 6.45) is 3.99. The van der Waals surface area contributed by atoms with Crippen LogP contribution in [0.1, 0.15) is 19.4 Å². The lowest BCUT2D eigenvalue weighted by molar-refractivity contribution is -0.115. The Bertz CT molecular complexity index is 1110. The number of nitrogens with one attached hydrogen (secondary N) is 1. The lowest BCUT2D eigenvalue weighted by Gasteiger charge is -2.20. The van der Waals surface area contributed by atoms with Crippen LogP contribution in [-0.4, -0.2) is 28.7 Å². The number of hydrogen-bond donors (Lipinski definition) is 1. The van der Waals surface area contributed by atoms with Crippen LogP contribution in [-0.2, 0) is 11.8 Å². The van der Waals surface area contributed by atoms with E-state index in [1.807, 2.05) is 43.6 Å². The molecule has 0 saturated carbocycles. The number of benzene rings is 2. The normalized spacial score (nSPS) is 16.7. The average molecular weight is 405 g/mol. The number of anilines is 1. The third-order valence-corrected chi connectivity index (χ3v) is 5.98. The zero-order valence-electron chi connectivity index (χ0n) is 16.8. The molecule has 0 atom stereocenters. The molecule has 6 heteroatoms. The van der Waals surface area contributed by atoms with E-state index in [0.29, 0.717) is 10.1 Å². The molecule has 1 N–H and O–H groups in total. The molecule has 0 radical (unpaired) electrons. The first-order valence-electron chi connectivity index (χ1n) is 9.77. The second kappa shape index (κ2) is 8.17. The van der Waals surface area contributed by atoms with Crippen molar-refractivity contribution in [3.8, 4) is 0 Å². The minimum absolute atomic E-state index is 0.110. The smallest absolute Gasteiger partial charge is 0.264 e. The Morgan fingerprint density at radius 1 is 1.10 bits per heavy atom. The van der Waals surface area contributed by atoms with E-state index in [9.17, 15) is 4.79 Å². The van der Waals surface area contributed by atoms with Gasteiger partial charge in [0.05, 0.1) is 10.6 Å². The standard InChI is InChI=1S/C23H24N4OS/c1-4-27(5-2)18-12-10-17(11-13-18)24-23-25-22(28)21(29-23)14-16-15-26(3)20-9-7-6-8-19(16)20/h6-15H,4-5H2,1-3H3,(H,24,25,28)/b21-14+. The molecule has 29 heavy (non-hydrogen) atoms. The maximum absolute atomic E-state index is 12.4. The number of amidine groups is 1. The van der Waals surface area contributed by atoms with Crippen LogP contribution in [0, 0.1) is 0 Å². The highest BCUT2D eigenvalue weighted by molar-refractivity contribution is 8.18. The van der Waals surface area contributed by atoms with Gasteiger partial charge in [0, 0.05) is 48.5 Å². The molecule has 1 aromatic heterocycles. The summed E-state index contributed by atoms with van der Waals surface area (Å²) in [5.41, 5.74) is 4.18. The summed E-state index contributed by atoms with van der Waals surface area (Å²) in [6, 6.07) is 16.3. The van der Waals surface area contributed by atoms with Crippen molar-refractivity contribution in [3.63, 3.8) is 0 Å². The molecule has 148 valence electrons. The molecule has 1 amide bonds. The van der Waals surface area contributed by atoms with E-state index in [0.717, 1.165) is 35.2 Å². The number of thioether (sulfide) groups is 1. The fourth-order valence-electron chi connectivity index (χ4n) is 3.55. The molecule has 0 unspecified atom stereocenters. The highest BCUT2D eigenvalue weighted by Crippen LogP contribution is 2.31. The van der Waals surface area contributed by atoms with Crippen molar-refractivity contribution < 1.29 is 4.79 Å². The average Bonchev–Trinajstić information content (AvgIpc) is 3.24. The Labute approximate surface area is 175 Å². The van der Waals surface area contributed by atoms with Gasteiger partial charge in [-0.05, 0) is 62.0 Å². The van der Waals surface area contributed by atoms with Crippen molar-refractivity contribution in [2.75, 3.05) is 18.0 Å². The number of hydrogen-bond acceptors (Lipinski definition) is 4. The van der Waals surface area contributed by atoms with E-state index in [1.165, 1.54) is 17.4 Å². The van der Waals surface area contributed by atoms with Gasteiger partial charge in [0.2, 0.25) is 0 Å². The number of para-hydroxylation sites is 1. The first-order valence-corrected chi connectivity index (χ1v) is 10.6. The highest BCUT2D eigenvalue weighted by Gasteiger charge is 2.24. The molecule has 4 rings (SSSR count). The lowest BCUT2D eigenvalue weighted by atomic mass is 10.1. The van der Waals surface area contributed by atoms with Gasteiger partial charge in [-0.25, -0.2) is 4.99 Å². The number of carbonyl (C=O) groups excluding carboxylic acids is 1. The van der Waals surface area contributed by atoms with Crippen LogP contribution in [0.25, 0.3) is 17.0 Å². The van der Waals surface area contributed by atoms with Crippen LogP contribution in [0.2, 0.25) is 0 Å². The van der Waals surface area contributed by atoms with E-state index in [-0.39, 0.29) is 5.91 Å². The van der Waals surface area contributed by atoms with Crippen LogP contribution in [0.15, 0.2) is 64.6 Å². The SMILES string of the molecule is CCN(CC)c1ccc(N=C2NC(=O)/C(=C\c3cn(C)c4ccccc34)S2)cc1. The number of aliphatic imine (C=N–C) groups is 1. The molecule has 2 heterocycles. The predicted molar refractivity (Wildman–Crippen MR) is 124 cm³/mol. The number of amides is 1. The number of nitrogens with zero attached hydrogens (tertiary/aromatic N) is 3. The van der Waals surface area contributed by atoms with E-state index in [2.05, 4.69) is 57.9 Å². The van der Waals surface area contributed by atoms with Gasteiger partial charge in [0.15, 0.2) is 5.17 Å². The third-order valence-electron chi connectivity index (χ3n) is 5.07. The number of rotatable bonds is 5. The molecule has 1 fully saturated rings. The second-order valence-corrected chi connectivity index (χ2v) is 7.91. The predicted octanol–water partition coefficient (Wildman–Crippen LogP) is 4.92. The first kappa shape index (κ1) is 19.3. The van der Waals surface area contributed by atoms with Gasteiger partial charge in [-0.3, -0.25) is 4.79 Å². The van der Waals surface area contributed by atoms with Crippen molar-refractivity contribution in [3.05, 3.63) is 65.2 Å². The lowest BCUT2D eigenvalue weighted by Crippen LogP contribution is -2.21. The quantitative estimate of drug-likeness (QED) is 0.614. The summed E-state index contributed by atoms with van der Waals surface area (Å²) >= 11 is 1.38. The van der Waals surface area contributed by atoms with E-state index in [4.69, 9.17) is 0 Å². The number of fused-ring (bicyclic) bond motifs is 1. The first-order chi connectivity index (χ1) is 14.1. The van der Waals surface area contributed by atoms with Crippen LogP contribution in [0.5, 0.6) is 0 Å². The van der Waals surface area contributed by atoms with E-state index < -0.39 is 0 Å². The Morgan fingerprint density at radius 3 is 2.55 bits per heavy atom. The summed E-state index contributed by atoms with van der Waals surface area (Å²) in [5.74, 6) is -0.110. The Morgan fingerprint density at radius 2 is 1.83 bits per heavy atom. The maximum atomic E-state index is 12.4. The van der Waals surface area contributed by atoms with Gasteiger partial charge >= 0.3 is 0 Å². The minimum Gasteiger partial charge on any atom is -0.372 e. The van der Waals surface area contributed by atoms with E-state index >= 15 is 0 Å². The molecule has 1 aliphatic heterocycles. The monoisotopic (exact) mass is 404 g/mol. The summed E-state index contributed by atoms with van der Waals surface area (Å²) in [7, 11) is 2.01. The summed E-state index contributed by atoms with van der Waals surface area (Å²) in [5, 5.41) is 4.62. The highest BCUT2D eigenvalue weighted by atomic mass is 32.2. The third kappa shape index (κ3) is 3.93. The second-order valence-electron chi connectivity index (χ2n) is 6.88. The Hall–Kier alpha value is -2.99. The van der Waals surface area contributed by atoms with Crippen molar-refractivity contribution >= 4 is 51.2 Å². The summed E-state index contributed by atoms with van der Waals surface area (Å²) in [6.45, 7) is 6.23. The Balaban J connectivity index is 1.56. The summed E-state index contributed by atoms with van der Waals surface area (Å²) < 4.78 is 2.08. The molecule has 2 aromatic carbocycles. The van der Waals surface area contributed by atoms with E-state index in [1.54, 1.807) is 0 Å². The molecule has 5 nitrogen and oxygen atoms in total. The van der Waals surface area contributed by atoms with Crippen molar-refractivity contribution in [1.29, 1.82) is 0 Å². The van der Waals surface area contributed by atoms with Crippen molar-refractivity contribution in [2.24, 2.45) is 12.0 Å². The van der Waals surface area contributed by atoms with Crippen molar-refractivity contribution in [2.45, 2.75) is 13.8 Å². The summed E-state index contributed by atoms with van der Waals surface area (Å²) in [4.78, 5) is 20.0. The molecule has 1 saturated heterocycles. The van der Waals surface area contributed by atoms with Gasteiger partial charge in [0.1, 0.15) is 0 Å². The maximum Gasteiger partial charge on any atom is 0.264 e. The molecule has 1 aliphatic rings. The molecular formula is C23H24N4OS. The Kier molecular flexibility index (Phi) is 5.45. The number of aromatic nitrogens is 1. The fourth-order valence-corrected chi connectivity index (χ4v) is 4.39. The number of carbonyl (C=O) groups is 1. The van der Waals surface area contributed by atoms with Crippen molar-refractivity contribution in [1.82, 2.24) is 9.88 Å². The fraction of sp³-hybridized carbons (Fsp3) is 0.217. The topological polar surface area (TPSA) is 49.6 Å². The van der Waals surface area contributed by atoms with Gasteiger partial charge in [-0.15, -0.1) is 0 Å². The molecule has 0 aliphatic carbocycles. The van der Waals surface area contributed by atoms with Gasteiger partial charge in [0.25, 0.3) is 5.91 Å². The molecule has 0 spiro atoms. The van der Waals surface area contributed by atoms with Gasteiger partial charge < -0.3 is 14.8 Å². The van der Waals surface area contributed by atoms with Crippen LogP contribution < -0.4 is 10.2 Å². The zero-order valence-corrected chi connectivity index (χ0v) is 17.7. The number of aryl methyl sites for hydroxylation is 1. The van der Waals surface area contributed by atoms with Crippen LogP contribution in [0.3, 0.4) is 0 Å². The minimum atomic E-state index is -0.110. The molecular weight excluding hydrogens is 380 g/mol. The van der Waals surface area contributed by atoms with Crippen LogP contribution >= 0.6 is 11.8 Å². The van der Waals surface area contributed by atoms with Crippen LogP contribution in [0.4, 0.5) is 11.4 Å².